The Labute approximate surface area is 64.6 Å². The van der Waals surface area contributed by atoms with Crippen LogP contribution in [0.1, 0.15) is 0 Å². The van der Waals surface area contributed by atoms with E-state index in [1.807, 2.05) is 0 Å². The summed E-state index contributed by atoms with van der Waals surface area (Å²) in [6.45, 7) is 0.264. The summed E-state index contributed by atoms with van der Waals surface area (Å²) >= 11 is 0. The molecule has 1 rings (SSSR count). The summed E-state index contributed by atoms with van der Waals surface area (Å²) in [5, 5.41) is 8.42. The maximum atomic E-state index is 8.42. The number of nitrogens with two attached hydrogens (primary N) is 1. The van der Waals surface area contributed by atoms with Gasteiger partial charge in [-0.1, -0.05) is 0 Å². The van der Waals surface area contributed by atoms with Gasteiger partial charge in [0.25, 0.3) is 0 Å². The van der Waals surface area contributed by atoms with Crippen LogP contribution in [0.15, 0.2) is 18.5 Å². The van der Waals surface area contributed by atoms with Crippen molar-refractivity contribution < 1.29 is 9.84 Å². The first-order valence-corrected chi connectivity index (χ1v) is 3.27. The lowest BCUT2D eigenvalue weighted by Gasteiger charge is -2.02. The Hall–Kier alpha value is -1.29. The van der Waals surface area contributed by atoms with E-state index in [1.54, 1.807) is 12.3 Å². The Kier molecular flexibility index (Phi) is 2.68. The van der Waals surface area contributed by atoms with Crippen LogP contribution in [0.2, 0.25) is 0 Å². The number of rotatable bonds is 3. The Morgan fingerprint density at radius 2 is 2.36 bits per heavy atom. The molecule has 0 saturated heterocycles. The predicted octanol–water partition coefficient (Wildman–Crippen LogP) is 0.0349. The van der Waals surface area contributed by atoms with Gasteiger partial charge in [0.2, 0.25) is 0 Å². The summed E-state index contributed by atoms with van der Waals surface area (Å²) in [6.07, 6.45) is 3.08. The first kappa shape index (κ1) is 7.81. The van der Waals surface area contributed by atoms with Crippen molar-refractivity contribution in [3.8, 4) is 5.75 Å². The van der Waals surface area contributed by atoms with Gasteiger partial charge in [-0.3, -0.25) is 4.98 Å². The molecule has 0 aliphatic rings. The van der Waals surface area contributed by atoms with Crippen molar-refractivity contribution in [2.24, 2.45) is 0 Å². The van der Waals surface area contributed by atoms with Crippen LogP contribution in [0.5, 0.6) is 5.75 Å². The average Bonchev–Trinajstić information content (AvgIpc) is 2.01. The molecule has 0 aromatic carbocycles. The maximum Gasteiger partial charge on any atom is 0.139 e. The van der Waals surface area contributed by atoms with Crippen molar-refractivity contribution in [2.75, 3.05) is 18.9 Å². The van der Waals surface area contributed by atoms with E-state index >= 15 is 0 Å². The Morgan fingerprint density at radius 3 is 3.00 bits per heavy atom. The summed E-state index contributed by atoms with van der Waals surface area (Å²) in [4.78, 5) is 3.81. The van der Waals surface area contributed by atoms with Gasteiger partial charge in [-0.25, -0.2) is 0 Å². The summed E-state index contributed by atoms with van der Waals surface area (Å²) < 4.78 is 5.04. The minimum absolute atomic E-state index is 0.00516. The lowest BCUT2D eigenvalue weighted by Crippen LogP contribution is -2.02. The van der Waals surface area contributed by atoms with Crippen LogP contribution in [-0.4, -0.2) is 23.3 Å². The molecule has 0 radical (unpaired) electrons. The van der Waals surface area contributed by atoms with Crippen LogP contribution in [0, 0.1) is 0 Å². The average molecular weight is 154 g/mol. The topological polar surface area (TPSA) is 68.4 Å². The third-order valence-electron chi connectivity index (χ3n) is 1.09. The molecule has 4 heteroatoms. The highest BCUT2D eigenvalue weighted by atomic mass is 16.5. The van der Waals surface area contributed by atoms with E-state index in [0.717, 1.165) is 0 Å². The number of anilines is 1. The molecule has 60 valence electrons. The fourth-order valence-corrected chi connectivity index (χ4v) is 0.678. The largest absolute Gasteiger partial charge is 0.490 e. The number of nitrogens with zero attached hydrogens (tertiary/aromatic N) is 1. The van der Waals surface area contributed by atoms with Crippen LogP contribution in [0.3, 0.4) is 0 Å². The Bertz CT molecular complexity index is 227. The van der Waals surface area contributed by atoms with Crippen LogP contribution < -0.4 is 10.5 Å². The molecule has 0 amide bonds. The monoisotopic (exact) mass is 154 g/mol. The van der Waals surface area contributed by atoms with Crippen LogP contribution in [0.4, 0.5) is 5.69 Å². The second-order valence-electron chi connectivity index (χ2n) is 2.03. The van der Waals surface area contributed by atoms with Gasteiger partial charge in [-0.2, -0.15) is 0 Å². The summed E-state index contributed by atoms with van der Waals surface area (Å²) in [6, 6.07) is 1.66. The van der Waals surface area contributed by atoms with Gasteiger partial charge in [0.15, 0.2) is 0 Å². The lowest BCUT2D eigenvalue weighted by atomic mass is 10.4. The van der Waals surface area contributed by atoms with E-state index in [1.165, 1.54) is 6.20 Å². The normalized spacial score (nSPS) is 9.55. The lowest BCUT2D eigenvalue weighted by molar-refractivity contribution is 0.201. The minimum atomic E-state index is -0.00516. The van der Waals surface area contributed by atoms with E-state index < -0.39 is 0 Å². The zero-order chi connectivity index (χ0) is 8.10. The van der Waals surface area contributed by atoms with Crippen LogP contribution in [-0.2, 0) is 0 Å². The van der Waals surface area contributed by atoms with Crippen LogP contribution >= 0.6 is 0 Å². The summed E-state index contributed by atoms with van der Waals surface area (Å²) in [5.74, 6) is 0.582. The van der Waals surface area contributed by atoms with E-state index in [9.17, 15) is 0 Å². The van der Waals surface area contributed by atoms with Crippen molar-refractivity contribution in [2.45, 2.75) is 0 Å². The molecular weight excluding hydrogens is 144 g/mol. The van der Waals surface area contributed by atoms with Gasteiger partial charge in [-0.05, 0) is 0 Å². The molecule has 0 atom stereocenters. The van der Waals surface area contributed by atoms with Gasteiger partial charge in [0.05, 0.1) is 24.7 Å². The molecular formula is C7H10N2O2. The van der Waals surface area contributed by atoms with E-state index in [-0.39, 0.29) is 13.2 Å². The summed E-state index contributed by atoms with van der Waals surface area (Å²) in [5.41, 5.74) is 5.98. The van der Waals surface area contributed by atoms with E-state index in [4.69, 9.17) is 15.6 Å². The number of hydrogen-bond donors (Lipinski definition) is 2. The fourth-order valence-electron chi connectivity index (χ4n) is 0.678. The molecule has 0 bridgehead atoms. The van der Waals surface area contributed by atoms with Crippen molar-refractivity contribution in [3.05, 3.63) is 18.5 Å². The molecule has 1 aromatic rings. The predicted molar refractivity (Wildman–Crippen MR) is 41.2 cm³/mol. The number of ether oxygens (including phenoxy) is 1. The maximum absolute atomic E-state index is 8.42. The van der Waals surface area contributed by atoms with Crippen LogP contribution in [0.25, 0.3) is 0 Å². The molecule has 11 heavy (non-hydrogen) atoms. The second-order valence-corrected chi connectivity index (χ2v) is 2.03. The number of aliphatic hydroxyl groups excluding tert-OH is 1. The molecule has 0 fully saturated rings. The number of pyridine rings is 1. The molecule has 3 N–H and O–H groups in total. The van der Waals surface area contributed by atoms with Gasteiger partial charge >= 0.3 is 0 Å². The highest BCUT2D eigenvalue weighted by Gasteiger charge is 1.92. The molecule has 0 unspecified atom stereocenters. The number of hydrogen-bond acceptors (Lipinski definition) is 4. The van der Waals surface area contributed by atoms with Crippen molar-refractivity contribution >= 4 is 5.69 Å². The minimum Gasteiger partial charge on any atom is -0.490 e. The molecule has 0 aliphatic carbocycles. The van der Waals surface area contributed by atoms with Gasteiger partial charge in [0, 0.05) is 6.07 Å². The number of nitrogen functional groups attached to an aromatic ring is 1. The first-order valence-electron chi connectivity index (χ1n) is 3.27. The molecule has 0 saturated carbocycles. The highest BCUT2D eigenvalue weighted by Crippen LogP contribution is 2.11. The van der Waals surface area contributed by atoms with E-state index in [2.05, 4.69) is 4.98 Å². The highest BCUT2D eigenvalue weighted by molar-refractivity contribution is 5.39. The molecule has 1 heterocycles. The standard InChI is InChI=1S/C7H10N2O2/c8-6-3-7(5-9-4-6)11-2-1-10/h3-5,10H,1-2,8H2. The number of aliphatic hydroxyl groups is 1. The molecule has 0 aliphatic heterocycles. The Balaban J connectivity index is 2.56. The van der Waals surface area contributed by atoms with Gasteiger partial charge in [-0.15, -0.1) is 0 Å². The van der Waals surface area contributed by atoms with Crippen molar-refractivity contribution in [3.63, 3.8) is 0 Å². The summed E-state index contributed by atoms with van der Waals surface area (Å²) in [7, 11) is 0. The smallest absolute Gasteiger partial charge is 0.139 e. The van der Waals surface area contributed by atoms with E-state index in [0.29, 0.717) is 11.4 Å². The fraction of sp³-hybridized carbons (Fsp3) is 0.286. The molecule has 1 aromatic heterocycles. The second kappa shape index (κ2) is 3.78. The molecule has 0 spiro atoms. The quantitative estimate of drug-likeness (QED) is 0.644. The van der Waals surface area contributed by atoms with Gasteiger partial charge < -0.3 is 15.6 Å². The molecule has 4 nitrogen and oxygen atoms in total. The third kappa shape index (κ3) is 2.43. The van der Waals surface area contributed by atoms with Crippen molar-refractivity contribution in [1.29, 1.82) is 0 Å². The zero-order valence-electron chi connectivity index (χ0n) is 6.03. The van der Waals surface area contributed by atoms with Crippen molar-refractivity contribution in [1.82, 2.24) is 4.98 Å². The first-order chi connectivity index (χ1) is 5.33. The number of aromatic nitrogens is 1. The Morgan fingerprint density at radius 1 is 1.55 bits per heavy atom. The zero-order valence-corrected chi connectivity index (χ0v) is 6.03. The van der Waals surface area contributed by atoms with Gasteiger partial charge in [0.1, 0.15) is 12.4 Å². The SMILES string of the molecule is Nc1cncc(OCCO)c1. The third-order valence-corrected chi connectivity index (χ3v) is 1.09.